The number of rotatable bonds is 5. The second-order valence-corrected chi connectivity index (χ2v) is 7.54. The monoisotopic (exact) mass is 396 g/mol. The predicted molar refractivity (Wildman–Crippen MR) is 112 cm³/mol. The molecule has 3 rings (SSSR count). The van der Waals surface area contributed by atoms with Gasteiger partial charge in [-0.2, -0.15) is 0 Å². The van der Waals surface area contributed by atoms with E-state index in [1.165, 1.54) is 6.07 Å². The van der Waals surface area contributed by atoms with Gasteiger partial charge in [0.05, 0.1) is 12.5 Å². The van der Waals surface area contributed by atoms with E-state index >= 15 is 0 Å². The number of methoxy groups -OCH3 is 1. The van der Waals surface area contributed by atoms with E-state index in [1.807, 2.05) is 34.6 Å². The lowest BCUT2D eigenvalue weighted by atomic mass is 9.69. The van der Waals surface area contributed by atoms with Gasteiger partial charge in [-0.05, 0) is 56.4 Å². The minimum Gasteiger partial charge on any atom is -0.508 e. The van der Waals surface area contributed by atoms with Crippen molar-refractivity contribution in [1.82, 2.24) is 0 Å². The highest BCUT2D eigenvalue weighted by molar-refractivity contribution is 6.11. The van der Waals surface area contributed by atoms with Crippen LogP contribution in [0.1, 0.15) is 67.3 Å². The first-order valence-corrected chi connectivity index (χ1v) is 10.1. The van der Waals surface area contributed by atoms with Crippen LogP contribution in [-0.4, -0.2) is 18.0 Å². The third kappa shape index (κ3) is 2.91. The molecule has 0 atom stereocenters. The second-order valence-electron chi connectivity index (χ2n) is 7.54. The molecule has 0 radical (unpaired) electrons. The fourth-order valence-electron chi connectivity index (χ4n) is 4.43. The number of aromatic hydroxyl groups is 1. The summed E-state index contributed by atoms with van der Waals surface area (Å²) in [6.07, 6.45) is 1.76. The van der Waals surface area contributed by atoms with Gasteiger partial charge in [0.2, 0.25) is 0 Å². The summed E-state index contributed by atoms with van der Waals surface area (Å²) in [6, 6.07) is 4.71. The molecule has 0 amide bonds. The normalized spacial score (nSPS) is 15.4. The number of fused-ring (bicyclic) bond motifs is 1. The van der Waals surface area contributed by atoms with Gasteiger partial charge in [-0.15, -0.1) is 0 Å². The number of phenols is 1. The number of carbonyl (C=O) groups is 1. The molecule has 0 aliphatic heterocycles. The van der Waals surface area contributed by atoms with Crippen LogP contribution < -0.4 is 5.43 Å². The summed E-state index contributed by atoms with van der Waals surface area (Å²) in [5, 5.41) is 9.98. The highest BCUT2D eigenvalue weighted by atomic mass is 16.5. The van der Waals surface area contributed by atoms with Crippen LogP contribution in [0.25, 0.3) is 11.3 Å². The highest BCUT2D eigenvalue weighted by Gasteiger charge is 2.47. The predicted octanol–water partition coefficient (Wildman–Crippen LogP) is 5.19. The van der Waals surface area contributed by atoms with Crippen molar-refractivity contribution in [3.8, 4) is 17.1 Å². The lowest BCUT2D eigenvalue weighted by Crippen LogP contribution is -2.39. The van der Waals surface area contributed by atoms with E-state index in [0.29, 0.717) is 42.1 Å². The molecule has 0 fully saturated rings. The largest absolute Gasteiger partial charge is 0.508 e. The van der Waals surface area contributed by atoms with Crippen LogP contribution in [-0.2, 0) is 10.2 Å². The van der Waals surface area contributed by atoms with Gasteiger partial charge in [0.1, 0.15) is 28.6 Å². The Bertz CT molecular complexity index is 1070. The van der Waals surface area contributed by atoms with E-state index in [-0.39, 0.29) is 22.5 Å². The van der Waals surface area contributed by atoms with Crippen molar-refractivity contribution in [1.29, 1.82) is 0 Å². The third-order valence-corrected chi connectivity index (χ3v) is 6.38. The number of carbonyl (C=O) groups excluding carboxylic acids is 1. The van der Waals surface area contributed by atoms with Crippen molar-refractivity contribution >= 4 is 5.78 Å². The van der Waals surface area contributed by atoms with Crippen LogP contribution in [0.2, 0.25) is 0 Å². The summed E-state index contributed by atoms with van der Waals surface area (Å²) in [6.45, 7) is 9.61. The van der Waals surface area contributed by atoms with E-state index in [4.69, 9.17) is 9.15 Å². The van der Waals surface area contributed by atoms with Gasteiger partial charge in [0.25, 0.3) is 0 Å². The third-order valence-electron chi connectivity index (χ3n) is 6.38. The number of ketones is 1. The van der Waals surface area contributed by atoms with Crippen molar-refractivity contribution in [2.75, 3.05) is 7.11 Å². The number of hydrogen-bond donors (Lipinski definition) is 1. The van der Waals surface area contributed by atoms with Crippen LogP contribution in [0.3, 0.4) is 0 Å². The molecule has 1 aromatic carbocycles. The fraction of sp³-hybridized carbons (Fsp3) is 0.417. The second kappa shape index (κ2) is 7.54. The number of phenolic OH excluding ortho intramolecular Hbond substituents is 1. The van der Waals surface area contributed by atoms with Crippen molar-refractivity contribution in [3.63, 3.8) is 0 Å². The van der Waals surface area contributed by atoms with Gasteiger partial charge in [0.15, 0.2) is 11.2 Å². The summed E-state index contributed by atoms with van der Waals surface area (Å²) < 4.78 is 12.0. The minimum absolute atomic E-state index is 0.114. The molecule has 5 nitrogen and oxygen atoms in total. The molecule has 1 aliphatic carbocycles. The fourth-order valence-corrected chi connectivity index (χ4v) is 4.43. The van der Waals surface area contributed by atoms with E-state index in [9.17, 15) is 14.7 Å². The maximum Gasteiger partial charge on any atom is 0.199 e. The van der Waals surface area contributed by atoms with E-state index in [0.717, 1.165) is 16.7 Å². The summed E-state index contributed by atoms with van der Waals surface area (Å²) in [7, 11) is 1.57. The average molecular weight is 396 g/mol. The lowest BCUT2D eigenvalue weighted by Gasteiger charge is -2.37. The van der Waals surface area contributed by atoms with Gasteiger partial charge in [-0.3, -0.25) is 9.59 Å². The molecular weight excluding hydrogens is 368 g/mol. The van der Waals surface area contributed by atoms with Gasteiger partial charge in [-0.1, -0.05) is 20.8 Å². The van der Waals surface area contributed by atoms with Gasteiger partial charge < -0.3 is 14.3 Å². The Morgan fingerprint density at radius 2 is 1.72 bits per heavy atom. The molecule has 154 valence electrons. The Hall–Kier alpha value is -2.82. The zero-order valence-corrected chi connectivity index (χ0v) is 17.9. The first kappa shape index (κ1) is 20.9. The van der Waals surface area contributed by atoms with Crippen molar-refractivity contribution in [2.24, 2.45) is 0 Å². The summed E-state index contributed by atoms with van der Waals surface area (Å²) in [4.78, 5) is 26.3. The molecule has 5 heteroatoms. The van der Waals surface area contributed by atoms with E-state index in [2.05, 4.69) is 0 Å². The standard InChI is InChI=1S/C24H28O5/c1-7-15-21(27)20-18(26)12-19(16-10-11-17(25)14(5)13(16)4)29-23(20)24(8-2,9-3)22(15)28-6/h10-12,25H,7-9H2,1-6H3. The molecule has 29 heavy (non-hydrogen) atoms. The Labute approximate surface area is 171 Å². The molecule has 0 bridgehead atoms. The van der Waals surface area contributed by atoms with Gasteiger partial charge in [-0.25, -0.2) is 0 Å². The van der Waals surface area contributed by atoms with Crippen molar-refractivity contribution in [3.05, 3.63) is 62.2 Å². The molecule has 0 spiro atoms. The molecule has 1 N–H and O–H groups in total. The van der Waals surface area contributed by atoms with Crippen LogP contribution >= 0.6 is 0 Å². The molecule has 1 aliphatic rings. The Balaban J connectivity index is 2.39. The first-order valence-electron chi connectivity index (χ1n) is 10.1. The first-order chi connectivity index (χ1) is 13.8. The quantitative estimate of drug-likeness (QED) is 0.752. The smallest absolute Gasteiger partial charge is 0.199 e. The van der Waals surface area contributed by atoms with Crippen LogP contribution in [0.5, 0.6) is 5.75 Å². The zero-order chi connectivity index (χ0) is 21.5. The van der Waals surface area contributed by atoms with Crippen LogP contribution in [0.15, 0.2) is 38.7 Å². The molecular formula is C24H28O5. The van der Waals surface area contributed by atoms with E-state index < -0.39 is 5.41 Å². The molecule has 0 saturated heterocycles. The lowest BCUT2D eigenvalue weighted by molar-refractivity contribution is 0.0975. The topological polar surface area (TPSA) is 76.7 Å². The maximum atomic E-state index is 13.1. The van der Waals surface area contributed by atoms with Crippen LogP contribution in [0, 0.1) is 13.8 Å². The average Bonchev–Trinajstić information content (AvgIpc) is 2.71. The van der Waals surface area contributed by atoms with Gasteiger partial charge >= 0.3 is 0 Å². The Morgan fingerprint density at radius 3 is 2.28 bits per heavy atom. The number of allylic oxidation sites excluding steroid dienone is 2. The summed E-state index contributed by atoms with van der Waals surface area (Å²) >= 11 is 0. The SMILES string of the molecule is CCC1=C(OC)C(CC)(CC)c2oc(-c3ccc(O)c(C)c3C)cc(=O)c2C1=O. The molecule has 0 unspecified atom stereocenters. The zero-order valence-electron chi connectivity index (χ0n) is 17.9. The minimum atomic E-state index is -0.668. The Morgan fingerprint density at radius 1 is 1.07 bits per heavy atom. The van der Waals surface area contributed by atoms with Crippen molar-refractivity contribution in [2.45, 2.75) is 59.3 Å². The van der Waals surface area contributed by atoms with Crippen molar-refractivity contribution < 1.29 is 19.1 Å². The highest BCUT2D eigenvalue weighted by Crippen LogP contribution is 2.47. The number of hydrogen-bond acceptors (Lipinski definition) is 5. The Kier molecular flexibility index (Phi) is 5.44. The molecule has 1 aromatic heterocycles. The molecule has 1 heterocycles. The molecule has 2 aromatic rings. The van der Waals surface area contributed by atoms with Crippen LogP contribution in [0.4, 0.5) is 0 Å². The molecule has 0 saturated carbocycles. The number of Topliss-reactive ketones (excluding diaryl/α,β-unsaturated/α-hetero) is 1. The maximum absolute atomic E-state index is 13.1. The summed E-state index contributed by atoms with van der Waals surface area (Å²) in [5.74, 6) is 1.26. The van der Waals surface area contributed by atoms with E-state index in [1.54, 1.807) is 19.2 Å². The number of ether oxygens (including phenoxy) is 1. The van der Waals surface area contributed by atoms with Gasteiger partial charge in [0, 0.05) is 17.2 Å². The summed E-state index contributed by atoms with van der Waals surface area (Å²) in [5.41, 5.74) is 1.91. The number of benzene rings is 1.